The van der Waals surface area contributed by atoms with E-state index in [2.05, 4.69) is 5.32 Å². The summed E-state index contributed by atoms with van der Waals surface area (Å²) in [6.45, 7) is 8.45. The van der Waals surface area contributed by atoms with Crippen molar-refractivity contribution in [2.24, 2.45) is 0 Å². The number of carbonyl (C=O) groups is 2. The van der Waals surface area contributed by atoms with Crippen molar-refractivity contribution in [3.05, 3.63) is 93.8 Å². The summed E-state index contributed by atoms with van der Waals surface area (Å²) in [4.78, 5) is 41.5. The van der Waals surface area contributed by atoms with Gasteiger partial charge in [0.2, 0.25) is 0 Å². The predicted octanol–water partition coefficient (Wildman–Crippen LogP) is 5.62. The van der Waals surface area contributed by atoms with E-state index >= 15 is 0 Å². The van der Waals surface area contributed by atoms with Gasteiger partial charge in [0.15, 0.2) is 5.78 Å². The van der Waals surface area contributed by atoms with E-state index in [-0.39, 0.29) is 23.5 Å². The van der Waals surface area contributed by atoms with Gasteiger partial charge in [-0.25, -0.2) is 4.79 Å². The Kier molecular flexibility index (Phi) is 6.37. The molecule has 0 radical (unpaired) electrons. The molecule has 5 rings (SSSR count). The smallest absolute Gasteiger partial charge is 0.410 e. The van der Waals surface area contributed by atoms with Crippen LogP contribution in [-0.4, -0.2) is 46.1 Å². The number of hydrogen-bond donors (Lipinski definition) is 1. The summed E-state index contributed by atoms with van der Waals surface area (Å²) in [5, 5.41) is 4.87. The van der Waals surface area contributed by atoms with E-state index < -0.39 is 5.60 Å². The van der Waals surface area contributed by atoms with Crippen LogP contribution in [0.5, 0.6) is 0 Å². The fourth-order valence-corrected chi connectivity index (χ4v) is 5.60. The van der Waals surface area contributed by atoms with E-state index in [1.165, 1.54) is 17.4 Å². The first-order chi connectivity index (χ1) is 17.6. The maximum Gasteiger partial charge on any atom is 0.410 e. The quantitative estimate of drug-likeness (QED) is 0.349. The van der Waals surface area contributed by atoms with E-state index in [4.69, 9.17) is 4.74 Å². The molecule has 0 aliphatic carbocycles. The predicted molar refractivity (Wildman–Crippen MR) is 147 cm³/mol. The molecule has 0 saturated carbocycles. The number of nitrogens with one attached hydrogen (secondary N) is 1. The number of likely N-dealkylation sites (tertiary alicyclic amines) is 1. The molecule has 2 aromatic carbocycles. The van der Waals surface area contributed by atoms with E-state index in [1.54, 1.807) is 27.7 Å². The van der Waals surface area contributed by atoms with Crippen molar-refractivity contribution >= 4 is 38.4 Å². The molecule has 37 heavy (non-hydrogen) atoms. The zero-order valence-corrected chi connectivity index (χ0v) is 22.1. The second kappa shape index (κ2) is 9.52. The summed E-state index contributed by atoms with van der Waals surface area (Å²) in [6.07, 6.45) is -0.351. The van der Waals surface area contributed by atoms with Crippen LogP contribution in [0.2, 0.25) is 0 Å². The van der Waals surface area contributed by atoms with E-state index in [9.17, 15) is 14.4 Å². The Balaban J connectivity index is 1.54. The first kappa shape index (κ1) is 24.8. The summed E-state index contributed by atoms with van der Waals surface area (Å²) in [5.41, 5.74) is 2.22. The van der Waals surface area contributed by atoms with Gasteiger partial charge in [0, 0.05) is 30.1 Å². The molecule has 1 saturated heterocycles. The van der Waals surface area contributed by atoms with Gasteiger partial charge in [0.1, 0.15) is 15.4 Å². The zero-order chi connectivity index (χ0) is 26.3. The summed E-state index contributed by atoms with van der Waals surface area (Å²) in [5.74, 6) is -0.119. The van der Waals surface area contributed by atoms with Gasteiger partial charge in [0.05, 0.1) is 17.3 Å². The first-order valence-electron chi connectivity index (χ1n) is 12.2. The molecule has 0 bridgehead atoms. The van der Waals surface area contributed by atoms with Crippen LogP contribution >= 0.6 is 11.3 Å². The Hall–Kier alpha value is -3.91. The zero-order valence-electron chi connectivity index (χ0n) is 21.3. The fraction of sp³-hybridized carbons (Fsp3) is 0.276. The molecule has 1 fully saturated rings. The molecule has 4 aromatic rings. The van der Waals surface area contributed by atoms with Gasteiger partial charge in [-0.15, -0.1) is 0 Å². The van der Waals surface area contributed by atoms with Gasteiger partial charge in [-0.2, -0.15) is 0 Å². The monoisotopic (exact) mass is 515 g/mol. The average molecular weight is 516 g/mol. The van der Waals surface area contributed by atoms with Crippen LogP contribution in [0.25, 0.3) is 15.9 Å². The number of anilines is 1. The van der Waals surface area contributed by atoms with Gasteiger partial charge in [-0.05, 0) is 45.9 Å². The van der Waals surface area contributed by atoms with E-state index in [1.807, 2.05) is 70.2 Å². The van der Waals surface area contributed by atoms with Crippen molar-refractivity contribution in [2.75, 3.05) is 18.4 Å². The number of ether oxygens (including phenoxy) is 1. The third-order valence-corrected chi connectivity index (χ3v) is 7.29. The number of amides is 1. The number of hydrogen-bond acceptors (Lipinski definition) is 6. The number of carbonyl (C=O) groups excluding carboxylic acids is 2. The van der Waals surface area contributed by atoms with Crippen molar-refractivity contribution in [1.82, 2.24) is 9.47 Å². The lowest BCUT2D eigenvalue weighted by Gasteiger charge is -2.40. The van der Waals surface area contributed by atoms with Crippen LogP contribution in [0.3, 0.4) is 0 Å². The number of thiophene rings is 1. The molecule has 1 aliphatic rings. The van der Waals surface area contributed by atoms with Gasteiger partial charge < -0.3 is 15.0 Å². The molecular weight excluding hydrogens is 486 g/mol. The number of aromatic nitrogens is 1. The molecule has 0 unspecified atom stereocenters. The van der Waals surface area contributed by atoms with Crippen LogP contribution < -0.4 is 10.9 Å². The minimum atomic E-state index is -0.560. The molecule has 2 aromatic heterocycles. The summed E-state index contributed by atoms with van der Waals surface area (Å²) in [6, 6.07) is 20.1. The fourth-order valence-electron chi connectivity index (χ4n) is 4.31. The highest BCUT2D eigenvalue weighted by Crippen LogP contribution is 2.38. The SMILES string of the molecule is Cc1ccc(-n2c(=O)ccc3c(C(=O)c4ccccc4)c(NC4CN(C(=O)OC(C)(C)C)C4)sc32)cc1. The molecule has 7 nitrogen and oxygen atoms in total. The second-order valence-corrected chi connectivity index (χ2v) is 11.3. The number of aryl methyl sites for hydroxylation is 1. The van der Waals surface area contributed by atoms with Gasteiger partial charge in [0.25, 0.3) is 5.56 Å². The number of nitrogens with zero attached hydrogens (tertiary/aromatic N) is 2. The summed E-state index contributed by atoms with van der Waals surface area (Å²) >= 11 is 1.38. The van der Waals surface area contributed by atoms with Crippen molar-refractivity contribution in [1.29, 1.82) is 0 Å². The third-order valence-electron chi connectivity index (χ3n) is 6.17. The molecule has 0 spiro atoms. The van der Waals surface area contributed by atoms with Crippen molar-refractivity contribution in [3.8, 4) is 5.69 Å². The maximum atomic E-state index is 13.7. The highest BCUT2D eigenvalue weighted by atomic mass is 32.1. The Morgan fingerprint density at radius 2 is 1.65 bits per heavy atom. The standard InChI is InChI=1S/C29H29N3O4S/c1-18-10-12-21(13-11-18)32-23(33)15-14-22-24(25(34)19-8-6-5-7-9-19)26(37-27(22)32)30-20-16-31(17-20)28(35)36-29(2,3)4/h5-15,20,30H,16-17H2,1-4H3. The van der Waals surface area contributed by atoms with Gasteiger partial charge >= 0.3 is 6.09 Å². The molecule has 1 amide bonds. The number of ketones is 1. The average Bonchev–Trinajstić information content (AvgIpc) is 3.18. The molecule has 1 N–H and O–H groups in total. The minimum Gasteiger partial charge on any atom is -0.444 e. The van der Waals surface area contributed by atoms with Crippen LogP contribution in [0.4, 0.5) is 9.80 Å². The lowest BCUT2D eigenvalue weighted by atomic mass is 10.0. The van der Waals surface area contributed by atoms with Gasteiger partial charge in [-0.1, -0.05) is 59.4 Å². The molecule has 0 atom stereocenters. The molecule has 8 heteroatoms. The maximum absolute atomic E-state index is 13.7. The van der Waals surface area contributed by atoms with Crippen LogP contribution in [0.15, 0.2) is 71.5 Å². The number of pyridine rings is 1. The van der Waals surface area contributed by atoms with Crippen molar-refractivity contribution in [3.63, 3.8) is 0 Å². The van der Waals surface area contributed by atoms with Crippen LogP contribution in [-0.2, 0) is 4.74 Å². The Morgan fingerprint density at radius 3 is 2.30 bits per heavy atom. The number of benzene rings is 2. The normalized spacial score (nSPS) is 13.9. The highest BCUT2D eigenvalue weighted by Gasteiger charge is 2.35. The summed E-state index contributed by atoms with van der Waals surface area (Å²) in [7, 11) is 0. The molecular formula is C29H29N3O4S. The first-order valence-corrected chi connectivity index (χ1v) is 13.0. The lowest BCUT2D eigenvalue weighted by Crippen LogP contribution is -2.57. The lowest BCUT2D eigenvalue weighted by molar-refractivity contribution is 0.0105. The van der Waals surface area contributed by atoms with Gasteiger partial charge in [-0.3, -0.25) is 14.2 Å². The van der Waals surface area contributed by atoms with Crippen molar-refractivity contribution in [2.45, 2.75) is 39.3 Å². The van der Waals surface area contributed by atoms with E-state index in [0.717, 1.165) is 11.3 Å². The van der Waals surface area contributed by atoms with Crippen LogP contribution in [0, 0.1) is 6.92 Å². The Bertz CT molecular complexity index is 1530. The highest BCUT2D eigenvalue weighted by molar-refractivity contribution is 7.23. The number of rotatable bonds is 5. The molecule has 3 heterocycles. The largest absolute Gasteiger partial charge is 0.444 e. The second-order valence-electron chi connectivity index (χ2n) is 10.3. The Labute approximate surface area is 219 Å². The molecule has 190 valence electrons. The number of fused-ring (bicyclic) bond motifs is 1. The van der Waals surface area contributed by atoms with Crippen molar-refractivity contribution < 1.29 is 14.3 Å². The van der Waals surface area contributed by atoms with E-state index in [0.29, 0.717) is 39.4 Å². The Morgan fingerprint density at radius 1 is 0.973 bits per heavy atom. The summed E-state index contributed by atoms with van der Waals surface area (Å²) < 4.78 is 7.12. The molecule has 1 aliphatic heterocycles. The third kappa shape index (κ3) is 5.02. The van der Waals surface area contributed by atoms with Crippen LogP contribution in [0.1, 0.15) is 42.3 Å². The minimum absolute atomic E-state index is 0.0394. The topological polar surface area (TPSA) is 80.6 Å².